The van der Waals surface area contributed by atoms with Gasteiger partial charge < -0.3 is 0 Å². The van der Waals surface area contributed by atoms with Crippen molar-refractivity contribution in [3.63, 3.8) is 0 Å². The topological polar surface area (TPSA) is 58.7 Å². The van der Waals surface area contributed by atoms with Crippen LogP contribution in [0.5, 0.6) is 0 Å². The van der Waals surface area contributed by atoms with Crippen molar-refractivity contribution >= 4 is 33.3 Å². The second-order valence-electron chi connectivity index (χ2n) is 7.47. The quantitative estimate of drug-likeness (QED) is 0.301. The summed E-state index contributed by atoms with van der Waals surface area (Å²) in [5, 5.41) is 10.1. The molecule has 5 rings (SSSR count). The number of hydrogen-bond donors (Lipinski definition) is 0. The SMILES string of the molecule is N#Cc1ccc(CSc2nc3sc4c(c3c(=O)n2-c2ccccc2F)CCCC4)cc1. The Kier molecular flexibility index (Phi) is 5.34. The normalized spacial score (nSPS) is 13.2. The monoisotopic (exact) mass is 447 g/mol. The molecule has 4 aromatic rings. The van der Waals surface area contributed by atoms with E-state index in [1.165, 1.54) is 27.3 Å². The van der Waals surface area contributed by atoms with Crippen LogP contribution in [-0.4, -0.2) is 9.55 Å². The average Bonchev–Trinajstić information content (AvgIpc) is 3.17. The molecule has 7 heteroatoms. The van der Waals surface area contributed by atoms with Gasteiger partial charge in [-0.3, -0.25) is 9.36 Å². The molecule has 0 unspecified atom stereocenters. The molecule has 0 bridgehead atoms. The van der Waals surface area contributed by atoms with E-state index in [2.05, 4.69) is 6.07 Å². The largest absolute Gasteiger partial charge is 0.268 e. The molecule has 0 aliphatic heterocycles. The van der Waals surface area contributed by atoms with Crippen LogP contribution in [0.1, 0.15) is 34.4 Å². The minimum absolute atomic E-state index is 0.197. The van der Waals surface area contributed by atoms with Gasteiger partial charge in [0.25, 0.3) is 5.56 Å². The van der Waals surface area contributed by atoms with E-state index in [0.717, 1.165) is 41.6 Å². The Morgan fingerprint density at radius 3 is 2.68 bits per heavy atom. The van der Waals surface area contributed by atoms with Gasteiger partial charge in [0.1, 0.15) is 10.6 Å². The van der Waals surface area contributed by atoms with Crippen LogP contribution >= 0.6 is 23.1 Å². The lowest BCUT2D eigenvalue weighted by Gasteiger charge is -2.14. The van der Waals surface area contributed by atoms with Crippen molar-refractivity contribution < 1.29 is 4.39 Å². The number of benzene rings is 2. The number of aryl methyl sites for hydroxylation is 2. The summed E-state index contributed by atoms with van der Waals surface area (Å²) in [4.78, 5) is 20.5. The van der Waals surface area contributed by atoms with Crippen molar-refractivity contribution in [3.05, 3.63) is 86.3 Å². The number of rotatable bonds is 4. The van der Waals surface area contributed by atoms with Crippen molar-refractivity contribution in [3.8, 4) is 11.8 Å². The molecular weight excluding hydrogens is 429 g/mol. The molecule has 31 heavy (non-hydrogen) atoms. The first-order valence-corrected chi connectivity index (χ1v) is 11.9. The number of nitrogens with zero attached hydrogens (tertiary/aromatic N) is 3. The molecule has 0 radical (unpaired) electrons. The van der Waals surface area contributed by atoms with Crippen LogP contribution < -0.4 is 5.56 Å². The number of hydrogen-bond acceptors (Lipinski definition) is 5. The minimum atomic E-state index is -0.449. The molecular formula is C24H18FN3OS2. The van der Waals surface area contributed by atoms with Gasteiger partial charge in [0.05, 0.1) is 22.7 Å². The maximum atomic E-state index is 14.7. The van der Waals surface area contributed by atoms with Gasteiger partial charge in [-0.2, -0.15) is 5.26 Å². The van der Waals surface area contributed by atoms with Gasteiger partial charge in [-0.15, -0.1) is 11.3 Å². The Morgan fingerprint density at radius 2 is 1.90 bits per heavy atom. The van der Waals surface area contributed by atoms with Gasteiger partial charge in [-0.05, 0) is 61.1 Å². The van der Waals surface area contributed by atoms with Crippen molar-refractivity contribution in [1.29, 1.82) is 5.26 Å². The lowest BCUT2D eigenvalue weighted by Crippen LogP contribution is -2.23. The average molecular weight is 448 g/mol. The zero-order valence-corrected chi connectivity index (χ0v) is 18.2. The fourth-order valence-corrected chi connectivity index (χ4v) is 6.22. The second-order valence-corrected chi connectivity index (χ2v) is 9.50. The number of thiophene rings is 1. The Balaban J connectivity index is 1.65. The van der Waals surface area contributed by atoms with Crippen LogP contribution in [0.15, 0.2) is 58.5 Å². The standard InChI is InChI=1S/C24H18FN3OS2/c25-18-6-2-3-7-19(18)28-23(29)21-17-5-1-4-8-20(17)31-22(21)27-24(28)30-14-16-11-9-15(13-26)10-12-16/h2-3,6-7,9-12H,1,4-5,8,14H2. The summed E-state index contributed by atoms with van der Waals surface area (Å²) < 4.78 is 16.1. The summed E-state index contributed by atoms with van der Waals surface area (Å²) in [6, 6.07) is 15.8. The Bertz CT molecular complexity index is 1380. The van der Waals surface area contributed by atoms with E-state index in [1.807, 2.05) is 12.1 Å². The van der Waals surface area contributed by atoms with E-state index < -0.39 is 5.82 Å². The van der Waals surface area contributed by atoms with Crippen molar-refractivity contribution in [2.45, 2.75) is 36.6 Å². The molecule has 1 aliphatic rings. The first-order valence-electron chi connectivity index (χ1n) is 10.1. The zero-order chi connectivity index (χ0) is 21.4. The van der Waals surface area contributed by atoms with Gasteiger partial charge in [-0.1, -0.05) is 36.0 Å². The van der Waals surface area contributed by atoms with Gasteiger partial charge in [0.2, 0.25) is 0 Å². The number of para-hydroxylation sites is 1. The fraction of sp³-hybridized carbons (Fsp3) is 0.208. The first-order chi connectivity index (χ1) is 15.2. The van der Waals surface area contributed by atoms with E-state index in [-0.39, 0.29) is 11.2 Å². The maximum absolute atomic E-state index is 14.7. The molecule has 0 fully saturated rings. The van der Waals surface area contributed by atoms with Gasteiger partial charge in [-0.25, -0.2) is 9.37 Å². The lowest BCUT2D eigenvalue weighted by atomic mass is 9.97. The van der Waals surface area contributed by atoms with Crippen molar-refractivity contribution in [1.82, 2.24) is 9.55 Å². The van der Waals surface area contributed by atoms with E-state index in [0.29, 0.717) is 21.9 Å². The van der Waals surface area contributed by atoms with Gasteiger partial charge in [0.15, 0.2) is 5.16 Å². The van der Waals surface area contributed by atoms with E-state index in [9.17, 15) is 9.18 Å². The fourth-order valence-electron chi connectivity index (χ4n) is 3.95. The number of fused-ring (bicyclic) bond motifs is 3. The smallest absolute Gasteiger partial charge is 0.267 e. The third-order valence-corrected chi connectivity index (χ3v) is 7.70. The highest BCUT2D eigenvalue weighted by Crippen LogP contribution is 2.35. The summed E-state index contributed by atoms with van der Waals surface area (Å²) in [6.07, 6.45) is 4.04. The van der Waals surface area contributed by atoms with Crippen LogP contribution in [0, 0.1) is 17.1 Å². The highest BCUT2D eigenvalue weighted by molar-refractivity contribution is 7.98. The third kappa shape index (κ3) is 3.67. The van der Waals surface area contributed by atoms with Crippen molar-refractivity contribution in [2.24, 2.45) is 0 Å². The second kappa shape index (κ2) is 8.29. The van der Waals surface area contributed by atoms with Crippen LogP contribution in [0.3, 0.4) is 0 Å². The van der Waals surface area contributed by atoms with E-state index in [1.54, 1.807) is 41.7 Å². The molecule has 0 saturated heterocycles. The summed E-state index contributed by atoms with van der Waals surface area (Å²) in [7, 11) is 0. The molecule has 0 N–H and O–H groups in total. The minimum Gasteiger partial charge on any atom is -0.268 e. The number of thioether (sulfide) groups is 1. The molecule has 0 amide bonds. The molecule has 1 aliphatic carbocycles. The third-order valence-electron chi connectivity index (χ3n) is 5.50. The highest BCUT2D eigenvalue weighted by atomic mass is 32.2. The molecule has 0 spiro atoms. The highest BCUT2D eigenvalue weighted by Gasteiger charge is 2.23. The van der Waals surface area contributed by atoms with Gasteiger partial charge >= 0.3 is 0 Å². The summed E-state index contributed by atoms with van der Waals surface area (Å²) in [5.74, 6) is 0.110. The predicted molar refractivity (Wildman–Crippen MR) is 123 cm³/mol. The number of aromatic nitrogens is 2. The van der Waals surface area contributed by atoms with Crippen LogP contribution in [0.2, 0.25) is 0 Å². The molecule has 2 aromatic carbocycles. The first kappa shape index (κ1) is 20.0. The molecule has 2 aromatic heterocycles. The van der Waals surface area contributed by atoms with Crippen LogP contribution in [0.25, 0.3) is 15.9 Å². The molecule has 4 nitrogen and oxygen atoms in total. The predicted octanol–water partition coefficient (Wildman–Crippen LogP) is 5.63. The van der Waals surface area contributed by atoms with E-state index >= 15 is 0 Å². The van der Waals surface area contributed by atoms with E-state index in [4.69, 9.17) is 10.2 Å². The molecule has 0 atom stereocenters. The Labute approximate surface area is 187 Å². The lowest BCUT2D eigenvalue weighted by molar-refractivity contribution is 0.608. The number of halogens is 1. The summed E-state index contributed by atoms with van der Waals surface area (Å²) >= 11 is 3.00. The number of nitriles is 1. The summed E-state index contributed by atoms with van der Waals surface area (Å²) in [5.41, 5.74) is 2.72. The zero-order valence-electron chi connectivity index (χ0n) is 16.6. The van der Waals surface area contributed by atoms with Crippen LogP contribution in [0.4, 0.5) is 4.39 Å². The Morgan fingerprint density at radius 1 is 1.13 bits per heavy atom. The maximum Gasteiger partial charge on any atom is 0.267 e. The summed E-state index contributed by atoms with van der Waals surface area (Å²) in [6.45, 7) is 0. The molecule has 0 saturated carbocycles. The molecule has 2 heterocycles. The Hall–Kier alpha value is -2.95. The van der Waals surface area contributed by atoms with Gasteiger partial charge in [0, 0.05) is 10.6 Å². The molecule has 154 valence electrons. The van der Waals surface area contributed by atoms with Crippen LogP contribution in [-0.2, 0) is 18.6 Å². The van der Waals surface area contributed by atoms with Crippen molar-refractivity contribution in [2.75, 3.05) is 0 Å².